The fourth-order valence-corrected chi connectivity index (χ4v) is 3.40. The highest BCUT2D eigenvalue weighted by atomic mass is 14.7. The van der Waals surface area contributed by atoms with Gasteiger partial charge in [-0.25, -0.2) is 0 Å². The van der Waals surface area contributed by atoms with Crippen LogP contribution in [0.2, 0.25) is 0 Å². The van der Waals surface area contributed by atoms with Crippen LogP contribution >= 0.6 is 0 Å². The summed E-state index contributed by atoms with van der Waals surface area (Å²) < 4.78 is 0. The summed E-state index contributed by atoms with van der Waals surface area (Å²) in [7, 11) is 0. The van der Waals surface area contributed by atoms with E-state index in [0.29, 0.717) is 0 Å². The Morgan fingerprint density at radius 3 is 2.55 bits per heavy atom. The van der Waals surface area contributed by atoms with Crippen LogP contribution in [0.5, 0.6) is 0 Å². The van der Waals surface area contributed by atoms with Crippen molar-refractivity contribution in [1.29, 1.82) is 0 Å². The van der Waals surface area contributed by atoms with Gasteiger partial charge in [0.25, 0.3) is 0 Å². The molecule has 1 aromatic heterocycles. The van der Waals surface area contributed by atoms with Gasteiger partial charge in [-0.1, -0.05) is 54.6 Å². The van der Waals surface area contributed by atoms with Gasteiger partial charge in [0.15, 0.2) is 0 Å². The Morgan fingerprint density at radius 2 is 1.55 bits per heavy atom. The van der Waals surface area contributed by atoms with Crippen molar-refractivity contribution in [3.8, 4) is 22.4 Å². The van der Waals surface area contributed by atoms with E-state index in [4.69, 9.17) is 0 Å². The average Bonchev–Trinajstić information content (AvgIpc) is 2.85. The van der Waals surface area contributed by atoms with E-state index in [0.717, 1.165) is 5.69 Å². The van der Waals surface area contributed by atoms with Crippen LogP contribution < -0.4 is 0 Å². The molecule has 1 aliphatic rings. The predicted molar refractivity (Wildman–Crippen MR) is 83.7 cm³/mol. The molecule has 4 aromatic rings. The Kier molecular flexibility index (Phi) is 1.75. The molecular formula is C19H11N. The number of benzene rings is 3. The Bertz CT molecular complexity index is 994. The summed E-state index contributed by atoms with van der Waals surface area (Å²) >= 11 is 0. The SMILES string of the molecule is c1ccc2c3c(ccc2c1)-c1cccc2ccnc-3c12. The molecule has 1 aliphatic carbocycles. The minimum atomic E-state index is 1.13. The van der Waals surface area contributed by atoms with Crippen LogP contribution in [-0.4, -0.2) is 4.98 Å². The van der Waals surface area contributed by atoms with Crippen molar-refractivity contribution in [2.24, 2.45) is 0 Å². The van der Waals surface area contributed by atoms with Crippen LogP contribution in [0.25, 0.3) is 43.9 Å². The summed E-state index contributed by atoms with van der Waals surface area (Å²) in [4.78, 5) is 4.67. The van der Waals surface area contributed by atoms with Gasteiger partial charge in [0.1, 0.15) is 0 Å². The molecule has 1 nitrogen and oxygen atoms in total. The molecule has 92 valence electrons. The summed E-state index contributed by atoms with van der Waals surface area (Å²) in [6.07, 6.45) is 1.92. The average molecular weight is 253 g/mol. The molecule has 20 heavy (non-hydrogen) atoms. The van der Waals surface area contributed by atoms with Crippen LogP contribution in [0, 0.1) is 0 Å². The van der Waals surface area contributed by atoms with Gasteiger partial charge in [-0.15, -0.1) is 0 Å². The highest BCUT2D eigenvalue weighted by Crippen LogP contribution is 2.48. The second-order valence-corrected chi connectivity index (χ2v) is 5.27. The lowest BCUT2D eigenvalue weighted by atomic mass is 9.98. The zero-order valence-corrected chi connectivity index (χ0v) is 10.8. The van der Waals surface area contributed by atoms with Crippen LogP contribution in [0.3, 0.4) is 0 Å². The van der Waals surface area contributed by atoms with Crippen LogP contribution in [0.15, 0.2) is 66.9 Å². The maximum absolute atomic E-state index is 4.67. The molecule has 0 amide bonds. The van der Waals surface area contributed by atoms with Crippen LogP contribution in [0.4, 0.5) is 0 Å². The van der Waals surface area contributed by atoms with Gasteiger partial charge in [0.2, 0.25) is 0 Å². The van der Waals surface area contributed by atoms with Gasteiger partial charge in [-0.05, 0) is 33.4 Å². The standard InChI is InChI=1S/C19H11N/c1-2-6-14-12(4-1)8-9-16-15-7-3-5-13-10-11-20-19(17(13)15)18(14)16/h1-11H. The van der Waals surface area contributed by atoms with Crippen LogP contribution in [0.1, 0.15) is 0 Å². The van der Waals surface area contributed by atoms with Gasteiger partial charge >= 0.3 is 0 Å². The summed E-state index contributed by atoms with van der Waals surface area (Å²) in [6.45, 7) is 0. The number of aromatic nitrogens is 1. The molecule has 0 fully saturated rings. The second-order valence-electron chi connectivity index (χ2n) is 5.27. The largest absolute Gasteiger partial charge is 0.256 e. The highest BCUT2D eigenvalue weighted by Gasteiger charge is 2.23. The van der Waals surface area contributed by atoms with Crippen molar-refractivity contribution in [2.75, 3.05) is 0 Å². The maximum Gasteiger partial charge on any atom is 0.0799 e. The molecule has 5 rings (SSSR count). The smallest absolute Gasteiger partial charge is 0.0799 e. The molecule has 0 bridgehead atoms. The Labute approximate surface area is 116 Å². The van der Waals surface area contributed by atoms with E-state index in [9.17, 15) is 0 Å². The quantitative estimate of drug-likeness (QED) is 0.377. The predicted octanol–water partition coefficient (Wildman–Crippen LogP) is 5.04. The molecular weight excluding hydrogens is 242 g/mol. The highest BCUT2D eigenvalue weighted by molar-refractivity contribution is 6.19. The lowest BCUT2D eigenvalue weighted by Crippen LogP contribution is -1.83. The van der Waals surface area contributed by atoms with E-state index in [1.165, 1.54) is 38.2 Å². The van der Waals surface area contributed by atoms with Crippen molar-refractivity contribution in [2.45, 2.75) is 0 Å². The first kappa shape index (κ1) is 10.2. The molecule has 1 heteroatoms. The fourth-order valence-electron chi connectivity index (χ4n) is 3.40. The minimum Gasteiger partial charge on any atom is -0.256 e. The lowest BCUT2D eigenvalue weighted by Gasteiger charge is -2.06. The van der Waals surface area contributed by atoms with Crippen molar-refractivity contribution < 1.29 is 0 Å². The van der Waals surface area contributed by atoms with E-state index in [1.54, 1.807) is 0 Å². The van der Waals surface area contributed by atoms with Gasteiger partial charge in [0.05, 0.1) is 5.69 Å². The first-order valence-electron chi connectivity index (χ1n) is 6.84. The van der Waals surface area contributed by atoms with Gasteiger partial charge in [-0.3, -0.25) is 4.98 Å². The monoisotopic (exact) mass is 253 g/mol. The Balaban J connectivity index is 2.08. The van der Waals surface area contributed by atoms with E-state index >= 15 is 0 Å². The van der Waals surface area contributed by atoms with E-state index in [1.807, 2.05) is 6.20 Å². The van der Waals surface area contributed by atoms with Crippen LogP contribution in [-0.2, 0) is 0 Å². The third-order valence-corrected chi connectivity index (χ3v) is 4.25. The summed E-state index contributed by atoms with van der Waals surface area (Å²) in [6, 6.07) is 21.6. The van der Waals surface area contributed by atoms with E-state index in [2.05, 4.69) is 65.6 Å². The second kappa shape index (κ2) is 3.45. The number of pyridine rings is 1. The number of fused-ring (bicyclic) bond motifs is 5. The lowest BCUT2D eigenvalue weighted by molar-refractivity contribution is 1.38. The molecule has 0 unspecified atom stereocenters. The molecule has 0 saturated heterocycles. The molecule has 0 spiro atoms. The molecule has 0 N–H and O–H groups in total. The Morgan fingerprint density at radius 1 is 0.650 bits per heavy atom. The normalized spacial score (nSPS) is 12.0. The molecule has 3 aromatic carbocycles. The number of nitrogens with zero attached hydrogens (tertiary/aromatic N) is 1. The zero-order valence-electron chi connectivity index (χ0n) is 10.8. The molecule has 0 radical (unpaired) electrons. The van der Waals surface area contributed by atoms with Crippen molar-refractivity contribution in [3.05, 3.63) is 66.9 Å². The number of hydrogen-bond acceptors (Lipinski definition) is 1. The van der Waals surface area contributed by atoms with E-state index < -0.39 is 0 Å². The molecule has 0 saturated carbocycles. The fraction of sp³-hybridized carbons (Fsp3) is 0. The molecule has 1 heterocycles. The third kappa shape index (κ3) is 1.11. The first-order chi connectivity index (χ1) is 9.93. The minimum absolute atomic E-state index is 1.13. The van der Waals surface area contributed by atoms with Gasteiger partial charge in [0, 0.05) is 17.1 Å². The third-order valence-electron chi connectivity index (χ3n) is 4.25. The topological polar surface area (TPSA) is 12.9 Å². The van der Waals surface area contributed by atoms with Gasteiger partial charge in [-0.2, -0.15) is 0 Å². The Hall–Kier alpha value is -2.67. The summed E-state index contributed by atoms with van der Waals surface area (Å²) in [5, 5.41) is 5.13. The van der Waals surface area contributed by atoms with Crippen molar-refractivity contribution in [1.82, 2.24) is 4.98 Å². The summed E-state index contributed by atoms with van der Waals surface area (Å²) in [5.41, 5.74) is 5.04. The van der Waals surface area contributed by atoms with Crippen molar-refractivity contribution in [3.63, 3.8) is 0 Å². The first-order valence-corrected chi connectivity index (χ1v) is 6.84. The van der Waals surface area contributed by atoms with Crippen molar-refractivity contribution >= 4 is 21.5 Å². The molecule has 0 atom stereocenters. The summed E-state index contributed by atoms with van der Waals surface area (Å²) in [5.74, 6) is 0. The number of rotatable bonds is 0. The molecule has 0 aliphatic heterocycles. The maximum atomic E-state index is 4.67. The van der Waals surface area contributed by atoms with E-state index in [-0.39, 0.29) is 0 Å². The zero-order chi connectivity index (χ0) is 13.1. The van der Waals surface area contributed by atoms with Gasteiger partial charge < -0.3 is 0 Å². The number of hydrogen-bond donors (Lipinski definition) is 0.